The SMILES string of the molecule is CC(/C=C1\SC(=S)N(CCCC(=O)Nc2cccc(O)c2)C1=O)=C\c1ccccc1. The summed E-state index contributed by atoms with van der Waals surface area (Å²) in [6, 6.07) is 16.3. The fourth-order valence-electron chi connectivity index (χ4n) is 2.96. The van der Waals surface area contributed by atoms with Gasteiger partial charge in [-0.15, -0.1) is 0 Å². The Kier molecular flexibility index (Phi) is 7.43. The number of carbonyl (C=O) groups excluding carboxylic acids is 2. The molecule has 0 bridgehead atoms. The predicted molar refractivity (Wildman–Crippen MR) is 126 cm³/mol. The summed E-state index contributed by atoms with van der Waals surface area (Å²) in [7, 11) is 0. The minimum atomic E-state index is -0.178. The van der Waals surface area contributed by atoms with Crippen molar-refractivity contribution >= 4 is 51.9 Å². The molecule has 0 aromatic heterocycles. The largest absolute Gasteiger partial charge is 0.508 e. The second-order valence-corrected chi connectivity index (χ2v) is 8.51. The van der Waals surface area contributed by atoms with E-state index in [2.05, 4.69) is 5.32 Å². The van der Waals surface area contributed by atoms with Gasteiger partial charge in [-0.1, -0.05) is 66.5 Å². The number of benzene rings is 2. The fraction of sp³-hybridized carbons (Fsp3) is 0.174. The Morgan fingerprint density at radius 3 is 2.70 bits per heavy atom. The first-order valence-electron chi connectivity index (χ1n) is 9.50. The van der Waals surface area contributed by atoms with Gasteiger partial charge in [0.2, 0.25) is 5.91 Å². The molecule has 1 saturated heterocycles. The molecule has 0 atom stereocenters. The second kappa shape index (κ2) is 10.2. The Bertz CT molecular complexity index is 1020. The van der Waals surface area contributed by atoms with Crippen molar-refractivity contribution in [1.82, 2.24) is 4.90 Å². The van der Waals surface area contributed by atoms with Crippen molar-refractivity contribution in [3.63, 3.8) is 0 Å². The normalized spacial score (nSPS) is 15.7. The molecule has 0 aliphatic carbocycles. The Balaban J connectivity index is 1.53. The summed E-state index contributed by atoms with van der Waals surface area (Å²) in [4.78, 5) is 26.9. The summed E-state index contributed by atoms with van der Waals surface area (Å²) in [6.45, 7) is 2.34. The van der Waals surface area contributed by atoms with Gasteiger partial charge < -0.3 is 10.4 Å². The number of carbonyl (C=O) groups is 2. The van der Waals surface area contributed by atoms with Gasteiger partial charge in [0, 0.05) is 24.7 Å². The molecular formula is C23H22N2O3S2. The molecule has 5 nitrogen and oxygen atoms in total. The van der Waals surface area contributed by atoms with Gasteiger partial charge in [-0.25, -0.2) is 0 Å². The zero-order valence-corrected chi connectivity index (χ0v) is 18.1. The van der Waals surface area contributed by atoms with Crippen molar-refractivity contribution in [2.45, 2.75) is 19.8 Å². The van der Waals surface area contributed by atoms with Crippen LogP contribution in [0.2, 0.25) is 0 Å². The molecule has 1 heterocycles. The van der Waals surface area contributed by atoms with Crippen LogP contribution in [-0.4, -0.2) is 32.7 Å². The first kappa shape index (κ1) is 21.8. The standard InChI is InChI=1S/C23H22N2O3S2/c1-16(13-17-7-3-2-4-8-17)14-20-22(28)25(23(29)30-20)12-6-11-21(27)24-18-9-5-10-19(26)15-18/h2-5,7-10,13-15,26H,6,11-12H2,1H3,(H,24,27)/b16-13+,20-14-. The van der Waals surface area contributed by atoms with Crippen LogP contribution < -0.4 is 5.32 Å². The van der Waals surface area contributed by atoms with Crippen LogP contribution in [0.1, 0.15) is 25.3 Å². The lowest BCUT2D eigenvalue weighted by Crippen LogP contribution is -2.29. The second-order valence-electron chi connectivity index (χ2n) is 6.83. The number of allylic oxidation sites excluding steroid dienone is 2. The molecule has 2 N–H and O–H groups in total. The van der Waals surface area contributed by atoms with E-state index in [4.69, 9.17) is 12.2 Å². The lowest BCUT2D eigenvalue weighted by molar-refractivity contribution is -0.122. The van der Waals surface area contributed by atoms with E-state index in [0.29, 0.717) is 27.9 Å². The molecule has 154 valence electrons. The Labute approximate surface area is 185 Å². The van der Waals surface area contributed by atoms with Gasteiger partial charge in [0.15, 0.2) is 0 Å². The highest BCUT2D eigenvalue weighted by Crippen LogP contribution is 2.32. The van der Waals surface area contributed by atoms with E-state index >= 15 is 0 Å². The molecule has 30 heavy (non-hydrogen) atoms. The molecule has 0 spiro atoms. The van der Waals surface area contributed by atoms with Gasteiger partial charge in [-0.05, 0) is 42.7 Å². The van der Waals surface area contributed by atoms with E-state index in [1.807, 2.05) is 49.4 Å². The van der Waals surface area contributed by atoms with E-state index in [0.717, 1.165) is 11.1 Å². The lowest BCUT2D eigenvalue weighted by Gasteiger charge is -2.14. The summed E-state index contributed by atoms with van der Waals surface area (Å²) in [6.07, 6.45) is 4.60. The average molecular weight is 439 g/mol. The first-order chi connectivity index (χ1) is 14.4. The van der Waals surface area contributed by atoms with E-state index in [-0.39, 0.29) is 24.0 Å². The zero-order chi connectivity index (χ0) is 21.5. The molecular weight excluding hydrogens is 416 g/mol. The van der Waals surface area contributed by atoms with Crippen LogP contribution in [0.5, 0.6) is 5.75 Å². The number of amides is 2. The van der Waals surface area contributed by atoms with Crippen molar-refractivity contribution in [2.75, 3.05) is 11.9 Å². The average Bonchev–Trinajstić information content (AvgIpc) is 2.96. The molecule has 2 amide bonds. The summed E-state index contributed by atoms with van der Waals surface area (Å²) in [5, 5.41) is 12.2. The zero-order valence-electron chi connectivity index (χ0n) is 16.5. The van der Waals surface area contributed by atoms with E-state index in [1.54, 1.807) is 17.0 Å². The number of phenols is 1. The van der Waals surface area contributed by atoms with Gasteiger partial charge in [-0.3, -0.25) is 14.5 Å². The van der Waals surface area contributed by atoms with Crippen LogP contribution >= 0.6 is 24.0 Å². The minimum absolute atomic E-state index is 0.0914. The Morgan fingerprint density at radius 2 is 1.97 bits per heavy atom. The Hall–Kier alpha value is -2.90. The lowest BCUT2D eigenvalue weighted by atomic mass is 10.1. The van der Waals surface area contributed by atoms with Crippen molar-refractivity contribution in [3.05, 3.63) is 76.7 Å². The maximum absolute atomic E-state index is 12.7. The number of thioether (sulfide) groups is 1. The van der Waals surface area contributed by atoms with Gasteiger partial charge >= 0.3 is 0 Å². The number of hydrogen-bond acceptors (Lipinski definition) is 5. The van der Waals surface area contributed by atoms with E-state index in [1.165, 1.54) is 23.9 Å². The van der Waals surface area contributed by atoms with Crippen LogP contribution in [0.15, 0.2) is 71.2 Å². The van der Waals surface area contributed by atoms with Gasteiger partial charge in [-0.2, -0.15) is 0 Å². The number of anilines is 1. The molecule has 2 aromatic carbocycles. The number of rotatable bonds is 7. The van der Waals surface area contributed by atoms with Crippen LogP contribution in [0, 0.1) is 0 Å². The molecule has 1 fully saturated rings. The summed E-state index contributed by atoms with van der Waals surface area (Å²) >= 11 is 6.64. The van der Waals surface area contributed by atoms with Gasteiger partial charge in [0.1, 0.15) is 10.1 Å². The highest BCUT2D eigenvalue weighted by molar-refractivity contribution is 8.26. The van der Waals surface area contributed by atoms with Gasteiger partial charge in [0.25, 0.3) is 5.91 Å². The van der Waals surface area contributed by atoms with Crippen molar-refractivity contribution in [2.24, 2.45) is 0 Å². The van der Waals surface area contributed by atoms with Crippen LogP contribution in [0.3, 0.4) is 0 Å². The highest BCUT2D eigenvalue weighted by atomic mass is 32.2. The third kappa shape index (κ3) is 6.05. The minimum Gasteiger partial charge on any atom is -0.508 e. The number of nitrogens with zero attached hydrogens (tertiary/aromatic N) is 1. The van der Waals surface area contributed by atoms with Crippen LogP contribution in [0.25, 0.3) is 6.08 Å². The summed E-state index contributed by atoms with van der Waals surface area (Å²) < 4.78 is 0.507. The first-order valence-corrected chi connectivity index (χ1v) is 10.7. The fourth-order valence-corrected chi connectivity index (χ4v) is 4.32. The summed E-state index contributed by atoms with van der Waals surface area (Å²) in [5.41, 5.74) is 2.57. The third-order valence-corrected chi connectivity index (χ3v) is 5.72. The van der Waals surface area contributed by atoms with Crippen LogP contribution in [0.4, 0.5) is 5.69 Å². The topological polar surface area (TPSA) is 69.6 Å². The number of aromatic hydroxyl groups is 1. The van der Waals surface area contributed by atoms with Crippen molar-refractivity contribution < 1.29 is 14.7 Å². The Morgan fingerprint density at radius 1 is 1.20 bits per heavy atom. The molecule has 0 radical (unpaired) electrons. The quantitative estimate of drug-likeness (QED) is 0.472. The molecule has 2 aromatic rings. The molecule has 1 aliphatic heterocycles. The predicted octanol–water partition coefficient (Wildman–Crippen LogP) is 4.96. The van der Waals surface area contributed by atoms with Crippen molar-refractivity contribution in [3.8, 4) is 5.75 Å². The molecule has 3 rings (SSSR count). The molecule has 0 unspecified atom stereocenters. The van der Waals surface area contributed by atoms with E-state index in [9.17, 15) is 14.7 Å². The molecule has 1 aliphatic rings. The van der Waals surface area contributed by atoms with Crippen LogP contribution in [-0.2, 0) is 9.59 Å². The number of thiocarbonyl (C=S) groups is 1. The van der Waals surface area contributed by atoms with E-state index < -0.39 is 0 Å². The molecule has 7 heteroatoms. The smallest absolute Gasteiger partial charge is 0.266 e. The highest BCUT2D eigenvalue weighted by Gasteiger charge is 2.31. The van der Waals surface area contributed by atoms with Crippen molar-refractivity contribution in [1.29, 1.82) is 0 Å². The summed E-state index contributed by atoms with van der Waals surface area (Å²) in [5.74, 6) is -0.212. The number of hydrogen-bond donors (Lipinski definition) is 2. The number of phenolic OH excluding ortho intramolecular Hbond substituents is 1. The monoisotopic (exact) mass is 438 g/mol. The maximum atomic E-state index is 12.7. The molecule has 0 saturated carbocycles. The maximum Gasteiger partial charge on any atom is 0.266 e. The number of nitrogens with one attached hydrogen (secondary N) is 1. The van der Waals surface area contributed by atoms with Gasteiger partial charge in [0.05, 0.1) is 4.91 Å². The third-order valence-electron chi connectivity index (χ3n) is 4.34.